The summed E-state index contributed by atoms with van der Waals surface area (Å²) in [6, 6.07) is 4.43. The van der Waals surface area contributed by atoms with E-state index in [0.29, 0.717) is 25.2 Å². The molecule has 0 N–H and O–H groups in total. The average molecular weight is 253 g/mol. The van der Waals surface area contributed by atoms with Crippen molar-refractivity contribution in [2.45, 2.75) is 24.6 Å². The molecule has 1 aromatic rings. The number of hydrogen-bond acceptors (Lipinski definition) is 4. The molecular formula is C12H12FNO4. The van der Waals surface area contributed by atoms with Crippen LogP contribution in [-0.2, 0) is 11.2 Å². The Hall–Kier alpha value is -1.69. The number of non-ortho nitro benzene ring substituents is 1. The van der Waals surface area contributed by atoms with Crippen LogP contribution in [0.15, 0.2) is 18.2 Å². The molecule has 3 rings (SSSR count). The summed E-state index contributed by atoms with van der Waals surface area (Å²) in [7, 11) is 0. The van der Waals surface area contributed by atoms with E-state index < -0.39 is 16.7 Å². The van der Waals surface area contributed by atoms with Gasteiger partial charge in [-0.15, -0.1) is 0 Å². The number of hydrogen-bond donors (Lipinski definition) is 0. The zero-order chi connectivity index (χ0) is 12.8. The molecule has 0 radical (unpaired) electrons. The molecule has 2 aliphatic rings. The number of nitro groups is 1. The van der Waals surface area contributed by atoms with Crippen LogP contribution in [0.2, 0.25) is 0 Å². The minimum Gasteiger partial charge on any atom is -0.483 e. The Balaban J connectivity index is 1.92. The first kappa shape index (κ1) is 11.4. The van der Waals surface area contributed by atoms with Gasteiger partial charge in [-0.3, -0.25) is 10.1 Å². The third kappa shape index (κ3) is 1.64. The van der Waals surface area contributed by atoms with Gasteiger partial charge in [0.25, 0.3) is 5.69 Å². The van der Waals surface area contributed by atoms with E-state index in [2.05, 4.69) is 0 Å². The standard InChI is InChI=1S/C12H12FNO4/c13-11-7-17-4-3-12(11)6-8-1-2-9(14(15)16)5-10(8)18-12/h1-2,5,11H,3-4,6-7H2. The second-order valence-corrected chi connectivity index (χ2v) is 4.69. The minimum absolute atomic E-state index is 0.0239. The Morgan fingerprint density at radius 2 is 2.33 bits per heavy atom. The lowest BCUT2D eigenvalue weighted by atomic mass is 9.88. The summed E-state index contributed by atoms with van der Waals surface area (Å²) in [5.74, 6) is 0.425. The topological polar surface area (TPSA) is 61.6 Å². The molecule has 0 amide bonds. The van der Waals surface area contributed by atoms with Gasteiger partial charge < -0.3 is 9.47 Å². The fraction of sp³-hybridized carbons (Fsp3) is 0.500. The molecule has 5 nitrogen and oxygen atoms in total. The lowest BCUT2D eigenvalue weighted by Gasteiger charge is -2.35. The van der Waals surface area contributed by atoms with Crippen molar-refractivity contribution in [3.63, 3.8) is 0 Å². The molecule has 18 heavy (non-hydrogen) atoms. The summed E-state index contributed by atoms with van der Waals surface area (Å²) in [5, 5.41) is 10.7. The molecule has 0 saturated carbocycles. The normalized spacial score (nSPS) is 29.9. The minimum atomic E-state index is -1.20. The van der Waals surface area contributed by atoms with E-state index in [4.69, 9.17) is 9.47 Å². The van der Waals surface area contributed by atoms with Gasteiger partial charge in [0, 0.05) is 18.9 Å². The number of rotatable bonds is 1. The third-order valence-corrected chi connectivity index (χ3v) is 3.57. The number of alkyl halides is 1. The quantitative estimate of drug-likeness (QED) is 0.567. The molecule has 2 heterocycles. The second kappa shape index (κ2) is 3.91. The Morgan fingerprint density at radius 1 is 1.50 bits per heavy atom. The Kier molecular flexibility index (Phi) is 2.48. The van der Waals surface area contributed by atoms with Crippen LogP contribution in [-0.4, -0.2) is 29.9 Å². The van der Waals surface area contributed by atoms with Crippen LogP contribution in [0.4, 0.5) is 10.1 Å². The summed E-state index contributed by atoms with van der Waals surface area (Å²) in [6.45, 7) is 0.479. The zero-order valence-corrected chi connectivity index (χ0v) is 9.60. The number of fused-ring (bicyclic) bond motifs is 1. The van der Waals surface area contributed by atoms with Crippen molar-refractivity contribution in [2.24, 2.45) is 0 Å². The summed E-state index contributed by atoms with van der Waals surface area (Å²) >= 11 is 0. The van der Waals surface area contributed by atoms with Gasteiger partial charge >= 0.3 is 0 Å². The molecule has 96 valence electrons. The van der Waals surface area contributed by atoms with Crippen LogP contribution >= 0.6 is 0 Å². The molecule has 2 unspecified atom stereocenters. The highest BCUT2D eigenvalue weighted by Crippen LogP contribution is 2.43. The lowest BCUT2D eigenvalue weighted by Crippen LogP contribution is -2.50. The number of nitrogens with zero attached hydrogens (tertiary/aromatic N) is 1. The van der Waals surface area contributed by atoms with Crippen LogP contribution in [0.1, 0.15) is 12.0 Å². The Labute approximate surface area is 103 Å². The second-order valence-electron chi connectivity index (χ2n) is 4.69. The molecule has 1 spiro atoms. The van der Waals surface area contributed by atoms with E-state index in [1.807, 2.05) is 0 Å². The van der Waals surface area contributed by atoms with E-state index in [1.165, 1.54) is 12.1 Å². The van der Waals surface area contributed by atoms with Gasteiger partial charge in [0.2, 0.25) is 0 Å². The summed E-state index contributed by atoms with van der Waals surface area (Å²) in [6.07, 6.45) is -0.278. The maximum absolute atomic E-state index is 14.0. The highest BCUT2D eigenvalue weighted by Gasteiger charge is 2.48. The number of halogens is 1. The molecule has 1 saturated heterocycles. The number of ether oxygens (including phenoxy) is 2. The average Bonchev–Trinajstić information content (AvgIpc) is 2.71. The maximum Gasteiger partial charge on any atom is 0.273 e. The summed E-state index contributed by atoms with van der Waals surface area (Å²) in [4.78, 5) is 10.2. The summed E-state index contributed by atoms with van der Waals surface area (Å²) < 4.78 is 24.7. The molecule has 1 aromatic carbocycles. The van der Waals surface area contributed by atoms with E-state index in [-0.39, 0.29) is 12.3 Å². The van der Waals surface area contributed by atoms with Gasteiger partial charge in [-0.25, -0.2) is 4.39 Å². The van der Waals surface area contributed by atoms with Crippen molar-refractivity contribution in [2.75, 3.05) is 13.2 Å². The molecule has 0 bridgehead atoms. The van der Waals surface area contributed by atoms with Crippen LogP contribution < -0.4 is 4.74 Å². The van der Waals surface area contributed by atoms with Crippen molar-refractivity contribution >= 4 is 5.69 Å². The Morgan fingerprint density at radius 3 is 3.06 bits per heavy atom. The molecule has 1 fully saturated rings. The third-order valence-electron chi connectivity index (χ3n) is 3.57. The van der Waals surface area contributed by atoms with Crippen molar-refractivity contribution in [3.05, 3.63) is 33.9 Å². The van der Waals surface area contributed by atoms with Crippen LogP contribution in [0.25, 0.3) is 0 Å². The highest BCUT2D eigenvalue weighted by atomic mass is 19.1. The van der Waals surface area contributed by atoms with Crippen LogP contribution in [0, 0.1) is 10.1 Å². The first-order chi connectivity index (χ1) is 8.61. The van der Waals surface area contributed by atoms with Crippen LogP contribution in [0.5, 0.6) is 5.75 Å². The van der Waals surface area contributed by atoms with E-state index in [9.17, 15) is 14.5 Å². The van der Waals surface area contributed by atoms with Gasteiger partial charge in [0.05, 0.1) is 24.2 Å². The van der Waals surface area contributed by atoms with E-state index in [1.54, 1.807) is 6.07 Å². The lowest BCUT2D eigenvalue weighted by molar-refractivity contribution is -0.384. The van der Waals surface area contributed by atoms with Gasteiger partial charge in [-0.2, -0.15) is 0 Å². The molecular weight excluding hydrogens is 241 g/mol. The largest absolute Gasteiger partial charge is 0.483 e. The first-order valence-corrected chi connectivity index (χ1v) is 5.79. The predicted molar refractivity (Wildman–Crippen MR) is 60.5 cm³/mol. The monoisotopic (exact) mass is 253 g/mol. The highest BCUT2D eigenvalue weighted by molar-refractivity contribution is 5.48. The first-order valence-electron chi connectivity index (χ1n) is 5.79. The Bertz CT molecular complexity index is 507. The molecule has 2 atom stereocenters. The zero-order valence-electron chi connectivity index (χ0n) is 9.60. The van der Waals surface area contributed by atoms with Crippen molar-refractivity contribution in [1.82, 2.24) is 0 Å². The van der Waals surface area contributed by atoms with Crippen molar-refractivity contribution < 1.29 is 18.8 Å². The fourth-order valence-corrected chi connectivity index (χ4v) is 2.53. The predicted octanol–water partition coefficient (Wildman–Crippen LogP) is 2.03. The summed E-state index contributed by atoms with van der Waals surface area (Å²) in [5.41, 5.74) is -0.103. The van der Waals surface area contributed by atoms with Crippen molar-refractivity contribution in [1.29, 1.82) is 0 Å². The smallest absolute Gasteiger partial charge is 0.273 e. The number of nitro benzene ring substituents is 1. The fourth-order valence-electron chi connectivity index (χ4n) is 2.53. The SMILES string of the molecule is O=[N+]([O-])c1ccc2c(c1)OC1(CCOCC1F)C2. The van der Waals surface area contributed by atoms with Gasteiger partial charge in [-0.05, 0) is 11.6 Å². The molecule has 0 aliphatic carbocycles. The molecule has 2 aliphatic heterocycles. The van der Waals surface area contributed by atoms with E-state index >= 15 is 0 Å². The molecule has 0 aromatic heterocycles. The van der Waals surface area contributed by atoms with Gasteiger partial charge in [0.15, 0.2) is 6.17 Å². The van der Waals surface area contributed by atoms with Gasteiger partial charge in [0.1, 0.15) is 11.4 Å². The van der Waals surface area contributed by atoms with Crippen LogP contribution in [0.3, 0.4) is 0 Å². The number of benzene rings is 1. The van der Waals surface area contributed by atoms with Gasteiger partial charge in [-0.1, -0.05) is 0 Å². The van der Waals surface area contributed by atoms with Crippen molar-refractivity contribution in [3.8, 4) is 5.75 Å². The molecule has 6 heteroatoms. The maximum atomic E-state index is 14.0. The van der Waals surface area contributed by atoms with E-state index in [0.717, 1.165) is 5.56 Å².